The van der Waals surface area contributed by atoms with E-state index in [-0.39, 0.29) is 17.0 Å². The van der Waals surface area contributed by atoms with Crippen molar-refractivity contribution < 1.29 is 14.3 Å². The van der Waals surface area contributed by atoms with Gasteiger partial charge in [-0.1, -0.05) is 0 Å². The lowest BCUT2D eigenvalue weighted by Gasteiger charge is -2.29. The second-order valence-corrected chi connectivity index (χ2v) is 7.03. The van der Waals surface area contributed by atoms with Crippen LogP contribution in [0.15, 0.2) is 24.7 Å². The Morgan fingerprint density at radius 3 is 2.88 bits per heavy atom. The summed E-state index contributed by atoms with van der Waals surface area (Å²) >= 11 is 0. The van der Waals surface area contributed by atoms with E-state index in [1.54, 1.807) is 36.4 Å². The first-order chi connectivity index (χ1) is 12.5. The quantitative estimate of drug-likeness (QED) is 0.785. The molecule has 2 bridgehead atoms. The number of fused-ring (bicyclic) bond motifs is 2. The minimum Gasteiger partial charge on any atom is -0.479 e. The van der Waals surface area contributed by atoms with E-state index in [4.69, 9.17) is 9.47 Å². The van der Waals surface area contributed by atoms with E-state index in [2.05, 4.69) is 25.7 Å². The van der Waals surface area contributed by atoms with Gasteiger partial charge in [0.15, 0.2) is 0 Å². The van der Waals surface area contributed by atoms with Crippen molar-refractivity contribution in [1.29, 1.82) is 0 Å². The van der Waals surface area contributed by atoms with Crippen LogP contribution in [0, 0.1) is 0 Å². The summed E-state index contributed by atoms with van der Waals surface area (Å²) in [6, 6.07) is 1.78. The predicted octanol–water partition coefficient (Wildman–Crippen LogP) is 0.752. The molecule has 2 aliphatic rings. The smallest absolute Gasteiger partial charge is 0.258 e. The highest BCUT2D eigenvalue weighted by Gasteiger charge is 2.56. The van der Waals surface area contributed by atoms with Crippen molar-refractivity contribution in [2.75, 3.05) is 25.6 Å². The van der Waals surface area contributed by atoms with E-state index in [0.717, 1.165) is 19.3 Å². The third-order valence-electron chi connectivity index (χ3n) is 5.12. The average Bonchev–Trinajstić information content (AvgIpc) is 3.32. The van der Waals surface area contributed by atoms with Crippen LogP contribution in [0.4, 0.5) is 5.95 Å². The van der Waals surface area contributed by atoms with E-state index in [1.165, 1.54) is 7.11 Å². The summed E-state index contributed by atoms with van der Waals surface area (Å²) in [7, 11) is 3.27. The van der Waals surface area contributed by atoms with Crippen LogP contribution in [-0.2, 0) is 11.8 Å². The van der Waals surface area contributed by atoms with Crippen molar-refractivity contribution in [2.24, 2.45) is 7.05 Å². The first-order valence-electron chi connectivity index (χ1n) is 8.58. The summed E-state index contributed by atoms with van der Waals surface area (Å²) in [5.74, 6) is 0.724. The van der Waals surface area contributed by atoms with Gasteiger partial charge in [-0.3, -0.25) is 9.48 Å². The molecular weight excluding hydrogens is 336 g/mol. The van der Waals surface area contributed by atoms with Crippen LogP contribution in [0.2, 0.25) is 0 Å². The number of nitrogens with zero attached hydrogens (tertiary/aromatic N) is 4. The highest BCUT2D eigenvalue weighted by molar-refractivity contribution is 5.96. The SMILES string of the molecule is COc1nn(C)cc1C(=O)NC12CCC(CNc3ncccn3)(C1)OC2. The molecule has 9 heteroatoms. The molecule has 0 spiro atoms. The van der Waals surface area contributed by atoms with Crippen LogP contribution in [0.25, 0.3) is 0 Å². The van der Waals surface area contributed by atoms with Gasteiger partial charge in [-0.2, -0.15) is 0 Å². The number of nitrogens with one attached hydrogen (secondary N) is 2. The van der Waals surface area contributed by atoms with Crippen molar-refractivity contribution >= 4 is 11.9 Å². The van der Waals surface area contributed by atoms with Crippen LogP contribution in [0.1, 0.15) is 29.6 Å². The minimum atomic E-state index is -0.350. The summed E-state index contributed by atoms with van der Waals surface area (Å²) in [6.07, 6.45) is 7.56. The molecule has 2 fully saturated rings. The number of hydrogen-bond donors (Lipinski definition) is 2. The molecule has 2 aromatic heterocycles. The second kappa shape index (κ2) is 6.24. The third-order valence-corrected chi connectivity index (χ3v) is 5.12. The van der Waals surface area contributed by atoms with Crippen LogP contribution < -0.4 is 15.4 Å². The number of carbonyl (C=O) groups excluding carboxylic acids is 1. The predicted molar refractivity (Wildman–Crippen MR) is 93.0 cm³/mol. The van der Waals surface area contributed by atoms with Crippen molar-refractivity contribution in [3.8, 4) is 5.88 Å². The molecule has 3 heterocycles. The van der Waals surface area contributed by atoms with E-state index in [0.29, 0.717) is 30.5 Å². The van der Waals surface area contributed by atoms with Gasteiger partial charge in [0, 0.05) is 38.6 Å². The Morgan fingerprint density at radius 2 is 2.19 bits per heavy atom. The molecule has 1 aliphatic carbocycles. The van der Waals surface area contributed by atoms with Crippen molar-refractivity contribution in [1.82, 2.24) is 25.1 Å². The minimum absolute atomic E-state index is 0.185. The molecule has 0 radical (unpaired) electrons. The Bertz CT molecular complexity index is 798. The lowest BCUT2D eigenvalue weighted by atomic mass is 9.98. The molecule has 0 aromatic carbocycles. The zero-order valence-electron chi connectivity index (χ0n) is 14.9. The fraction of sp³-hybridized carbons (Fsp3) is 0.529. The summed E-state index contributed by atoms with van der Waals surface area (Å²) in [4.78, 5) is 21.1. The number of ether oxygens (including phenoxy) is 2. The van der Waals surface area contributed by atoms with E-state index >= 15 is 0 Å². The summed E-state index contributed by atoms with van der Waals surface area (Å²) in [6.45, 7) is 1.11. The van der Waals surface area contributed by atoms with Crippen molar-refractivity contribution in [3.63, 3.8) is 0 Å². The average molecular weight is 358 g/mol. The Labute approximate surface area is 151 Å². The number of aryl methyl sites for hydroxylation is 1. The van der Waals surface area contributed by atoms with Gasteiger partial charge >= 0.3 is 0 Å². The maximum atomic E-state index is 12.7. The monoisotopic (exact) mass is 358 g/mol. The van der Waals surface area contributed by atoms with Gasteiger partial charge in [0.1, 0.15) is 5.56 Å². The highest BCUT2D eigenvalue weighted by atomic mass is 16.5. The number of methoxy groups -OCH3 is 1. The largest absolute Gasteiger partial charge is 0.479 e. The zero-order chi connectivity index (χ0) is 18.2. The van der Waals surface area contributed by atoms with Gasteiger partial charge in [0.2, 0.25) is 11.8 Å². The van der Waals surface area contributed by atoms with Gasteiger partial charge in [0.05, 0.1) is 24.9 Å². The maximum absolute atomic E-state index is 12.7. The Balaban J connectivity index is 1.42. The lowest BCUT2D eigenvalue weighted by molar-refractivity contribution is -0.0124. The summed E-state index contributed by atoms with van der Waals surface area (Å²) in [5.41, 5.74) is -0.215. The normalized spacial score (nSPS) is 26.7. The van der Waals surface area contributed by atoms with Gasteiger partial charge in [-0.15, -0.1) is 5.10 Å². The molecule has 1 amide bonds. The Morgan fingerprint density at radius 1 is 1.38 bits per heavy atom. The summed E-state index contributed by atoms with van der Waals surface area (Å²) in [5, 5.41) is 10.5. The van der Waals surface area contributed by atoms with Crippen molar-refractivity contribution in [2.45, 2.75) is 30.4 Å². The molecule has 9 nitrogen and oxygen atoms in total. The fourth-order valence-electron chi connectivity index (χ4n) is 3.86. The van der Waals surface area contributed by atoms with Gasteiger partial charge in [-0.05, 0) is 18.9 Å². The number of aromatic nitrogens is 4. The summed E-state index contributed by atoms with van der Waals surface area (Å²) < 4.78 is 12.8. The molecule has 2 atom stereocenters. The number of carbonyl (C=O) groups is 1. The Hall–Kier alpha value is -2.68. The molecule has 2 unspecified atom stereocenters. The van der Waals surface area contributed by atoms with E-state index in [9.17, 15) is 4.79 Å². The number of anilines is 1. The van der Waals surface area contributed by atoms with Gasteiger partial charge in [0.25, 0.3) is 5.91 Å². The first-order valence-corrected chi connectivity index (χ1v) is 8.58. The molecule has 1 saturated carbocycles. The van der Waals surface area contributed by atoms with Crippen LogP contribution in [0.3, 0.4) is 0 Å². The fourth-order valence-corrected chi connectivity index (χ4v) is 3.86. The van der Waals surface area contributed by atoms with Gasteiger partial charge in [-0.25, -0.2) is 9.97 Å². The number of hydrogen-bond acceptors (Lipinski definition) is 7. The third kappa shape index (κ3) is 2.98. The number of amides is 1. The highest BCUT2D eigenvalue weighted by Crippen LogP contribution is 2.47. The first kappa shape index (κ1) is 16.8. The maximum Gasteiger partial charge on any atom is 0.258 e. The molecule has 2 aromatic rings. The van der Waals surface area contributed by atoms with Crippen LogP contribution >= 0.6 is 0 Å². The zero-order valence-corrected chi connectivity index (χ0v) is 14.9. The van der Waals surface area contributed by atoms with E-state index < -0.39 is 0 Å². The van der Waals surface area contributed by atoms with Crippen LogP contribution in [-0.4, -0.2) is 57.1 Å². The molecule has 26 heavy (non-hydrogen) atoms. The molecule has 4 rings (SSSR count). The Kier molecular flexibility index (Phi) is 4.03. The molecule has 1 saturated heterocycles. The van der Waals surface area contributed by atoms with Crippen LogP contribution in [0.5, 0.6) is 5.88 Å². The number of rotatable bonds is 6. The van der Waals surface area contributed by atoms with Gasteiger partial charge < -0.3 is 20.1 Å². The van der Waals surface area contributed by atoms with Crippen molar-refractivity contribution in [3.05, 3.63) is 30.2 Å². The second-order valence-electron chi connectivity index (χ2n) is 7.03. The molecule has 2 N–H and O–H groups in total. The lowest BCUT2D eigenvalue weighted by Crippen LogP contribution is -2.48. The molecular formula is C17H22N6O3. The topological polar surface area (TPSA) is 103 Å². The standard InChI is InChI=1S/C17H22N6O3/c1-23-8-12(14(22-23)25-2)13(24)21-16-4-5-17(9-16,26-11-16)10-20-15-18-6-3-7-19-15/h3,6-8H,4-5,9-11H2,1-2H3,(H,21,24)(H,18,19,20). The van der Waals surface area contributed by atoms with E-state index in [1.807, 2.05) is 0 Å². The molecule has 1 aliphatic heterocycles. The molecule has 138 valence electrons.